The Labute approximate surface area is 334 Å². The molecule has 57 heavy (non-hydrogen) atoms. The largest absolute Gasteiger partial charge is 0.497 e. The highest BCUT2D eigenvalue weighted by atomic mass is 32.2. The number of allylic oxidation sites excluding steroid dienone is 3. The van der Waals surface area contributed by atoms with E-state index in [9.17, 15) is 32.4 Å². The van der Waals surface area contributed by atoms with Gasteiger partial charge in [-0.1, -0.05) is 39.0 Å². The van der Waals surface area contributed by atoms with Crippen molar-refractivity contribution in [2.45, 2.75) is 121 Å². The van der Waals surface area contributed by atoms with E-state index in [1.165, 1.54) is 4.90 Å². The van der Waals surface area contributed by atoms with Crippen molar-refractivity contribution < 1.29 is 41.8 Å². The molecule has 0 spiro atoms. The maximum atomic E-state index is 14.8. The van der Waals surface area contributed by atoms with Gasteiger partial charge in [0.1, 0.15) is 18.0 Å². The van der Waals surface area contributed by atoms with Crippen LogP contribution in [0.2, 0.25) is 0 Å². The van der Waals surface area contributed by atoms with Crippen molar-refractivity contribution in [1.29, 1.82) is 0 Å². The molecule has 2 bridgehead atoms. The number of Topliss-reactive ketones (excluding diaryl/α,β-unsaturated/α-hetero) is 1. The van der Waals surface area contributed by atoms with Gasteiger partial charge in [0.2, 0.25) is 21.8 Å². The van der Waals surface area contributed by atoms with Gasteiger partial charge < -0.3 is 19.1 Å². The van der Waals surface area contributed by atoms with Crippen LogP contribution >= 0.6 is 0 Å². The molecule has 1 aromatic heterocycles. The number of carbonyl (C=O) groups is 4. The number of esters is 1. The summed E-state index contributed by atoms with van der Waals surface area (Å²) in [6, 6.07) is 5.94. The Balaban J connectivity index is 1.26. The molecule has 2 aliphatic heterocycles. The summed E-state index contributed by atoms with van der Waals surface area (Å²) in [5, 5.41) is 0.473. The highest BCUT2D eigenvalue weighted by Crippen LogP contribution is 2.57. The van der Waals surface area contributed by atoms with Gasteiger partial charge in [-0.05, 0) is 92.2 Å². The van der Waals surface area contributed by atoms with Crippen LogP contribution in [0.4, 0.5) is 0 Å². The van der Waals surface area contributed by atoms with Crippen molar-refractivity contribution in [2.24, 2.45) is 28.6 Å². The summed E-state index contributed by atoms with van der Waals surface area (Å²) in [5.74, 6) is -2.33. The molecule has 5 aliphatic rings. The number of ketones is 1. The number of hydrogen-bond acceptors (Lipinski definition) is 10. The normalized spacial score (nSPS) is 30.2. The first-order valence-electron chi connectivity index (χ1n) is 20.3. The number of methoxy groups -OCH3 is 1. The number of rotatable bonds is 8. The Hall–Kier alpha value is -4.46. The van der Waals surface area contributed by atoms with Crippen LogP contribution in [0.1, 0.15) is 91.4 Å². The van der Waals surface area contributed by atoms with Crippen LogP contribution in [0.5, 0.6) is 11.6 Å². The van der Waals surface area contributed by atoms with Crippen molar-refractivity contribution in [3.05, 3.63) is 59.4 Å². The number of nitrogens with zero attached hydrogens (tertiary/aromatic N) is 2. The van der Waals surface area contributed by atoms with Gasteiger partial charge in [-0.15, -0.1) is 6.58 Å². The molecule has 1 aromatic carbocycles. The second-order valence-corrected chi connectivity index (χ2v) is 19.7. The Morgan fingerprint density at radius 3 is 2.53 bits per heavy atom. The number of amides is 2. The lowest BCUT2D eigenvalue weighted by Gasteiger charge is -2.35. The molecule has 0 radical (unpaired) electrons. The fraction of sp³-hybridized carbons (Fsp3) is 0.605. The second kappa shape index (κ2) is 15.7. The van der Waals surface area contributed by atoms with E-state index < -0.39 is 73.7 Å². The fourth-order valence-corrected chi connectivity index (χ4v) is 10.4. The van der Waals surface area contributed by atoms with E-state index in [1.807, 2.05) is 26.8 Å². The average molecular weight is 806 g/mol. The third-order valence-electron chi connectivity index (χ3n) is 12.8. The molecule has 1 N–H and O–H groups in total. The maximum Gasteiger partial charge on any atom is 0.306 e. The quantitative estimate of drug-likeness (QED) is 0.276. The Kier molecular flexibility index (Phi) is 11.2. The lowest BCUT2D eigenvalue weighted by atomic mass is 9.77. The summed E-state index contributed by atoms with van der Waals surface area (Å²) in [5.41, 5.74) is -2.28. The molecule has 7 rings (SSSR count). The number of hydrogen-bond donors (Lipinski definition) is 1. The SMILES string of the molecule is C=C[C@H]1C[C@]1(CC(=O)[C@@H]1C[C@@H]2CN1C(=O)[C@H](C(C)(C)C)CC(=O)O[C@@H]1CCC[C@H]1C/C=C/CCn1c(cc3cc(OC)ccc3c1=O)O2)C(=O)NS(=O)(=O)C1CC1. The number of benzene rings is 1. The first kappa shape index (κ1) is 40.7. The monoisotopic (exact) mass is 805 g/mol. The number of aromatic nitrogens is 1. The van der Waals surface area contributed by atoms with Crippen LogP contribution in [0.25, 0.3) is 10.8 Å². The topological polar surface area (TPSA) is 167 Å². The van der Waals surface area contributed by atoms with Gasteiger partial charge in [0.25, 0.3) is 5.56 Å². The van der Waals surface area contributed by atoms with Gasteiger partial charge in [-0.2, -0.15) is 0 Å². The minimum atomic E-state index is -3.88. The third kappa shape index (κ3) is 8.42. The Morgan fingerprint density at radius 2 is 1.84 bits per heavy atom. The third-order valence-corrected chi connectivity index (χ3v) is 14.6. The van der Waals surface area contributed by atoms with Crippen LogP contribution in [0.15, 0.2) is 53.9 Å². The molecular formula is C43H55N3O10S. The molecule has 3 aliphatic carbocycles. The van der Waals surface area contributed by atoms with Crippen molar-refractivity contribution in [1.82, 2.24) is 14.2 Å². The zero-order chi connectivity index (χ0) is 40.9. The lowest BCUT2D eigenvalue weighted by molar-refractivity contribution is -0.158. The highest BCUT2D eigenvalue weighted by Gasteiger charge is 2.61. The van der Waals surface area contributed by atoms with Crippen LogP contribution in [-0.4, -0.2) is 78.6 Å². The standard InChI is InChI=1S/C43H55N3O10S/c1-6-28-23-43(28,41(51)44-57(52,53)31-15-16-31)24-35(47)34-21-30-25-46(34)40(50)33(42(2,3)4)22-38(48)56-36-13-10-12-26(36)11-8-7-9-18-45-37(55-30)20-27-19-29(54-5)14-17-32(27)39(45)49/h6-8,14,17,19-20,26,28,30-31,33-34,36H,1,9-13,15-16,18,21-25H2,2-5H3,(H,44,51)/b8-7+/t26-,28+,30-,33-,34+,36-,43-/m1/s1. The van der Waals surface area contributed by atoms with Crippen LogP contribution in [0, 0.1) is 28.6 Å². The first-order valence-corrected chi connectivity index (χ1v) is 21.8. The predicted molar refractivity (Wildman–Crippen MR) is 213 cm³/mol. The summed E-state index contributed by atoms with van der Waals surface area (Å²) in [6.07, 6.45) is 9.23. The van der Waals surface area contributed by atoms with Gasteiger partial charge in [0.15, 0.2) is 11.7 Å². The van der Waals surface area contributed by atoms with E-state index in [0.717, 1.165) is 19.3 Å². The average Bonchev–Trinajstić information content (AvgIpc) is 4.05. The molecule has 308 valence electrons. The second-order valence-electron chi connectivity index (χ2n) is 17.7. The van der Waals surface area contributed by atoms with Crippen LogP contribution in [-0.2, 0) is 40.5 Å². The van der Waals surface area contributed by atoms with Gasteiger partial charge in [-0.25, -0.2) is 8.42 Å². The summed E-state index contributed by atoms with van der Waals surface area (Å²) < 4.78 is 47.6. The molecule has 3 heterocycles. The van der Waals surface area contributed by atoms with E-state index in [1.54, 1.807) is 42.0 Å². The first-order chi connectivity index (χ1) is 27.0. The molecule has 14 heteroatoms. The predicted octanol–water partition coefficient (Wildman–Crippen LogP) is 5.23. The number of pyridine rings is 1. The molecule has 2 amide bonds. The Bertz CT molecular complexity index is 2150. The van der Waals surface area contributed by atoms with Gasteiger partial charge in [-0.3, -0.25) is 33.3 Å². The summed E-state index contributed by atoms with van der Waals surface area (Å²) in [6.45, 7) is 9.74. The molecule has 3 saturated carbocycles. The highest BCUT2D eigenvalue weighted by molar-refractivity contribution is 7.90. The Morgan fingerprint density at radius 1 is 1.07 bits per heavy atom. The molecule has 7 atom stereocenters. The van der Waals surface area contributed by atoms with E-state index in [-0.39, 0.29) is 55.7 Å². The van der Waals surface area contributed by atoms with E-state index in [0.29, 0.717) is 48.8 Å². The van der Waals surface area contributed by atoms with Crippen LogP contribution in [0.3, 0.4) is 0 Å². The van der Waals surface area contributed by atoms with Crippen molar-refractivity contribution in [3.63, 3.8) is 0 Å². The fourth-order valence-electron chi connectivity index (χ4n) is 9.03. The smallest absolute Gasteiger partial charge is 0.306 e. The number of nitrogens with one attached hydrogen (secondary N) is 1. The zero-order valence-electron chi connectivity index (χ0n) is 33.4. The molecule has 0 unspecified atom stereocenters. The van der Waals surface area contributed by atoms with E-state index in [2.05, 4.69) is 17.4 Å². The minimum Gasteiger partial charge on any atom is -0.497 e. The number of carbonyl (C=O) groups excluding carboxylic acids is 4. The number of fused-ring (bicyclic) bond motifs is 5. The molecule has 13 nitrogen and oxygen atoms in total. The lowest BCUT2D eigenvalue weighted by Crippen LogP contribution is -2.48. The van der Waals surface area contributed by atoms with Gasteiger partial charge in [0, 0.05) is 30.8 Å². The molecule has 2 aromatic rings. The maximum absolute atomic E-state index is 14.8. The number of ether oxygens (including phenoxy) is 3. The van der Waals surface area contributed by atoms with Gasteiger partial charge >= 0.3 is 5.97 Å². The molecule has 1 saturated heterocycles. The van der Waals surface area contributed by atoms with Crippen molar-refractivity contribution in [3.8, 4) is 11.6 Å². The summed E-state index contributed by atoms with van der Waals surface area (Å²) >= 11 is 0. The van der Waals surface area contributed by atoms with Crippen LogP contribution < -0.4 is 19.8 Å². The molecular weight excluding hydrogens is 751 g/mol. The summed E-state index contributed by atoms with van der Waals surface area (Å²) in [4.78, 5) is 72.2. The molecule has 4 fully saturated rings. The van der Waals surface area contributed by atoms with Crippen molar-refractivity contribution in [2.75, 3.05) is 13.7 Å². The van der Waals surface area contributed by atoms with E-state index in [4.69, 9.17) is 14.2 Å². The van der Waals surface area contributed by atoms with E-state index >= 15 is 0 Å². The van der Waals surface area contributed by atoms with Crippen molar-refractivity contribution >= 4 is 44.4 Å². The minimum absolute atomic E-state index is 0.0219. The zero-order valence-corrected chi connectivity index (χ0v) is 34.2. The van der Waals surface area contributed by atoms with Gasteiger partial charge in [0.05, 0.1) is 42.7 Å². The number of sulfonamides is 1. The summed E-state index contributed by atoms with van der Waals surface area (Å²) in [7, 11) is -2.33.